The Labute approximate surface area is 94.7 Å². The lowest BCUT2D eigenvalue weighted by atomic mass is 10.0. The van der Waals surface area contributed by atoms with Crippen LogP contribution in [0.3, 0.4) is 0 Å². The number of nitrogens with one attached hydrogen (secondary N) is 1. The van der Waals surface area contributed by atoms with Crippen molar-refractivity contribution in [2.24, 2.45) is 5.73 Å². The number of likely N-dealkylation sites (N-methyl/N-ethyl adjacent to an activating group) is 1. The first kappa shape index (κ1) is 11.3. The lowest BCUT2D eigenvalue weighted by molar-refractivity contribution is 0.306. The Morgan fingerprint density at radius 3 is 3.06 bits per heavy atom. The molecule has 1 unspecified atom stereocenters. The number of hydrogen-bond donors (Lipinski definition) is 2. The normalized spacial score (nSPS) is 18.2. The van der Waals surface area contributed by atoms with Crippen molar-refractivity contribution in [1.29, 1.82) is 0 Å². The van der Waals surface area contributed by atoms with Crippen LogP contribution in [0, 0.1) is 0 Å². The monoisotopic (exact) mass is 222 g/mol. The first-order valence-corrected chi connectivity index (χ1v) is 5.61. The van der Waals surface area contributed by atoms with E-state index in [4.69, 9.17) is 5.73 Å². The smallest absolute Gasteiger partial charge is 0.328 e. The maximum atomic E-state index is 11.4. The van der Waals surface area contributed by atoms with E-state index >= 15 is 0 Å². The number of H-pyrrole nitrogens is 1. The van der Waals surface area contributed by atoms with Gasteiger partial charge < -0.3 is 15.6 Å². The Morgan fingerprint density at radius 2 is 2.38 bits per heavy atom. The van der Waals surface area contributed by atoms with E-state index in [1.807, 2.05) is 6.92 Å². The summed E-state index contributed by atoms with van der Waals surface area (Å²) in [6.07, 6.45) is 1.55. The van der Waals surface area contributed by atoms with E-state index in [0.29, 0.717) is 6.42 Å². The third-order valence-corrected chi connectivity index (χ3v) is 2.89. The fourth-order valence-corrected chi connectivity index (χ4v) is 2.12. The van der Waals surface area contributed by atoms with Crippen LogP contribution in [0.1, 0.15) is 23.9 Å². The second-order valence-electron chi connectivity index (χ2n) is 4.61. The van der Waals surface area contributed by atoms with Gasteiger partial charge in [-0.3, -0.25) is 0 Å². The third kappa shape index (κ3) is 2.31. The number of fused-ring (bicyclic) bond motifs is 1. The van der Waals surface area contributed by atoms with E-state index < -0.39 is 0 Å². The van der Waals surface area contributed by atoms with E-state index in [0.717, 1.165) is 36.5 Å². The number of hydrogen-bond acceptors (Lipinski definition) is 4. The van der Waals surface area contributed by atoms with Crippen LogP contribution < -0.4 is 11.4 Å². The first-order chi connectivity index (χ1) is 7.56. The molecular weight excluding hydrogens is 204 g/mol. The van der Waals surface area contributed by atoms with Crippen LogP contribution in [0.25, 0.3) is 0 Å². The van der Waals surface area contributed by atoms with Crippen molar-refractivity contribution in [3.63, 3.8) is 0 Å². The highest BCUT2D eigenvalue weighted by Gasteiger charge is 2.19. The van der Waals surface area contributed by atoms with Crippen LogP contribution in [0.5, 0.6) is 0 Å². The van der Waals surface area contributed by atoms with Crippen molar-refractivity contribution < 1.29 is 0 Å². The van der Waals surface area contributed by atoms with Gasteiger partial charge in [0.1, 0.15) is 0 Å². The Morgan fingerprint density at radius 1 is 1.62 bits per heavy atom. The van der Waals surface area contributed by atoms with Gasteiger partial charge >= 0.3 is 5.69 Å². The summed E-state index contributed by atoms with van der Waals surface area (Å²) in [5, 5.41) is 0. The molecule has 1 atom stereocenters. The molecule has 1 aromatic heterocycles. The average Bonchev–Trinajstić information content (AvgIpc) is 2.18. The molecule has 2 rings (SSSR count). The predicted octanol–water partition coefficient (Wildman–Crippen LogP) is -0.352. The van der Waals surface area contributed by atoms with Gasteiger partial charge in [0.25, 0.3) is 0 Å². The van der Waals surface area contributed by atoms with Gasteiger partial charge in [-0.15, -0.1) is 0 Å². The summed E-state index contributed by atoms with van der Waals surface area (Å²) in [5.74, 6) is 0. The molecule has 2 heterocycles. The molecule has 0 aliphatic carbocycles. The summed E-state index contributed by atoms with van der Waals surface area (Å²) in [4.78, 5) is 20.5. The third-order valence-electron chi connectivity index (χ3n) is 2.89. The van der Waals surface area contributed by atoms with Crippen LogP contribution >= 0.6 is 0 Å². The fourth-order valence-electron chi connectivity index (χ4n) is 2.12. The molecule has 0 fully saturated rings. The van der Waals surface area contributed by atoms with Crippen molar-refractivity contribution in [3.8, 4) is 0 Å². The zero-order chi connectivity index (χ0) is 11.7. The van der Waals surface area contributed by atoms with Gasteiger partial charge in [-0.25, -0.2) is 4.79 Å². The lowest BCUT2D eigenvalue weighted by Gasteiger charge is -2.26. The Bertz CT molecular complexity index is 438. The first-order valence-electron chi connectivity index (χ1n) is 5.61. The predicted molar refractivity (Wildman–Crippen MR) is 62.2 cm³/mol. The molecule has 1 aliphatic heterocycles. The van der Waals surface area contributed by atoms with Gasteiger partial charge in [0.05, 0.1) is 5.69 Å². The van der Waals surface area contributed by atoms with Crippen LogP contribution in [-0.4, -0.2) is 34.5 Å². The fraction of sp³-hybridized carbons (Fsp3) is 0.636. The SMILES string of the molecule is CC(N)Cc1nc(=O)[nH]c2c1CN(C)CC2. The van der Waals surface area contributed by atoms with Crippen LogP contribution in [0.4, 0.5) is 0 Å². The summed E-state index contributed by atoms with van der Waals surface area (Å²) >= 11 is 0. The highest BCUT2D eigenvalue weighted by Crippen LogP contribution is 2.17. The molecular formula is C11H18N4O. The van der Waals surface area contributed by atoms with Gasteiger partial charge in [0.15, 0.2) is 0 Å². The Hall–Kier alpha value is -1.20. The molecule has 0 radical (unpaired) electrons. The zero-order valence-electron chi connectivity index (χ0n) is 9.79. The largest absolute Gasteiger partial charge is 0.345 e. The Kier molecular flexibility index (Phi) is 3.07. The lowest BCUT2D eigenvalue weighted by Crippen LogP contribution is -2.33. The number of aromatic nitrogens is 2. The minimum absolute atomic E-state index is 0.0330. The zero-order valence-corrected chi connectivity index (χ0v) is 9.79. The quantitative estimate of drug-likeness (QED) is 0.717. The minimum Gasteiger partial charge on any atom is -0.328 e. The van der Waals surface area contributed by atoms with E-state index in [1.165, 1.54) is 0 Å². The molecule has 3 N–H and O–H groups in total. The molecule has 0 aromatic carbocycles. The van der Waals surface area contributed by atoms with Crippen molar-refractivity contribution >= 4 is 0 Å². The highest BCUT2D eigenvalue weighted by molar-refractivity contribution is 5.27. The van der Waals surface area contributed by atoms with E-state index in [-0.39, 0.29) is 11.7 Å². The number of nitrogens with two attached hydrogens (primary N) is 1. The molecule has 5 heteroatoms. The molecule has 0 amide bonds. The standard InChI is InChI=1S/C11H18N4O/c1-7(12)5-10-8-6-15(2)4-3-9(8)13-11(16)14-10/h7H,3-6,12H2,1-2H3,(H,13,14,16). The van der Waals surface area contributed by atoms with Crippen molar-refractivity contribution in [1.82, 2.24) is 14.9 Å². The van der Waals surface area contributed by atoms with Gasteiger partial charge in [-0.05, 0) is 14.0 Å². The van der Waals surface area contributed by atoms with Gasteiger partial charge in [-0.2, -0.15) is 4.98 Å². The summed E-state index contributed by atoms with van der Waals surface area (Å²) in [6.45, 7) is 3.76. The van der Waals surface area contributed by atoms with E-state index in [1.54, 1.807) is 0 Å². The van der Waals surface area contributed by atoms with Gasteiger partial charge in [-0.1, -0.05) is 0 Å². The minimum atomic E-state index is -0.251. The molecule has 88 valence electrons. The summed E-state index contributed by atoms with van der Waals surface area (Å²) < 4.78 is 0. The second-order valence-corrected chi connectivity index (χ2v) is 4.61. The van der Waals surface area contributed by atoms with E-state index in [9.17, 15) is 4.79 Å². The topological polar surface area (TPSA) is 75.0 Å². The van der Waals surface area contributed by atoms with Crippen molar-refractivity contribution in [2.45, 2.75) is 32.4 Å². The van der Waals surface area contributed by atoms with Crippen molar-refractivity contribution in [3.05, 3.63) is 27.4 Å². The maximum Gasteiger partial charge on any atom is 0.345 e. The van der Waals surface area contributed by atoms with Crippen molar-refractivity contribution in [2.75, 3.05) is 13.6 Å². The number of nitrogens with zero attached hydrogens (tertiary/aromatic N) is 2. The van der Waals surface area contributed by atoms with Crippen LogP contribution in [-0.2, 0) is 19.4 Å². The molecule has 5 nitrogen and oxygen atoms in total. The van der Waals surface area contributed by atoms with Gasteiger partial charge in [0, 0.05) is 43.2 Å². The van der Waals surface area contributed by atoms with E-state index in [2.05, 4.69) is 21.9 Å². The van der Waals surface area contributed by atoms with Gasteiger partial charge in [0.2, 0.25) is 0 Å². The summed E-state index contributed by atoms with van der Waals surface area (Å²) in [6, 6.07) is 0.0330. The highest BCUT2D eigenvalue weighted by atomic mass is 16.1. The molecule has 1 aliphatic rings. The van der Waals surface area contributed by atoms with Crippen LogP contribution in [0.2, 0.25) is 0 Å². The molecule has 0 bridgehead atoms. The molecule has 16 heavy (non-hydrogen) atoms. The molecule has 1 aromatic rings. The summed E-state index contributed by atoms with van der Waals surface area (Å²) in [7, 11) is 2.07. The second kappa shape index (κ2) is 4.35. The molecule has 0 spiro atoms. The average molecular weight is 222 g/mol. The summed E-state index contributed by atoms with van der Waals surface area (Å²) in [5.41, 5.74) is 8.58. The molecule has 0 saturated carbocycles. The Balaban J connectivity index is 2.43. The maximum absolute atomic E-state index is 11.4. The number of rotatable bonds is 2. The van der Waals surface area contributed by atoms with Crippen LogP contribution in [0.15, 0.2) is 4.79 Å². The number of aromatic amines is 1. The molecule has 0 saturated heterocycles.